The lowest BCUT2D eigenvalue weighted by Crippen LogP contribution is -2.37. The van der Waals surface area contributed by atoms with Crippen molar-refractivity contribution >= 4 is 29.1 Å². The predicted octanol–water partition coefficient (Wildman–Crippen LogP) is 4.54. The summed E-state index contributed by atoms with van der Waals surface area (Å²) in [5.41, 5.74) is 2.71. The minimum atomic E-state index is -0.0559. The highest BCUT2D eigenvalue weighted by atomic mass is 35.5. The molecular formula is C19H24ClN3O2. The molecular weight excluding hydrogens is 338 g/mol. The van der Waals surface area contributed by atoms with E-state index < -0.39 is 0 Å². The van der Waals surface area contributed by atoms with Crippen LogP contribution in [-0.2, 0) is 10.2 Å². The molecule has 3 rings (SSSR count). The highest BCUT2D eigenvalue weighted by Gasteiger charge is 2.32. The van der Waals surface area contributed by atoms with Gasteiger partial charge in [-0.05, 0) is 37.1 Å². The third-order valence-electron chi connectivity index (χ3n) is 4.54. The molecule has 5 nitrogen and oxygen atoms in total. The molecule has 0 spiro atoms. The van der Waals surface area contributed by atoms with Crippen LogP contribution in [-0.4, -0.2) is 23.7 Å². The number of nitrogens with zero attached hydrogens (tertiary/aromatic N) is 2. The largest absolute Gasteiger partial charge is 0.352 e. The predicted molar refractivity (Wildman–Crippen MR) is 100 cm³/mol. The summed E-state index contributed by atoms with van der Waals surface area (Å²) in [6.45, 7) is 8.84. The van der Waals surface area contributed by atoms with Gasteiger partial charge >= 0.3 is 0 Å². The molecule has 6 heteroatoms. The van der Waals surface area contributed by atoms with Crippen molar-refractivity contribution < 1.29 is 9.32 Å². The molecule has 1 unspecified atom stereocenters. The maximum Gasteiger partial charge on any atom is 0.227 e. The van der Waals surface area contributed by atoms with Crippen molar-refractivity contribution in [1.82, 2.24) is 5.16 Å². The summed E-state index contributed by atoms with van der Waals surface area (Å²) in [5, 5.41) is 8.10. The maximum atomic E-state index is 12.4. The van der Waals surface area contributed by atoms with E-state index in [9.17, 15) is 4.79 Å². The van der Waals surface area contributed by atoms with Crippen LogP contribution in [0.3, 0.4) is 0 Å². The van der Waals surface area contributed by atoms with Gasteiger partial charge in [0, 0.05) is 35.2 Å². The van der Waals surface area contributed by atoms with Gasteiger partial charge in [-0.25, -0.2) is 0 Å². The fourth-order valence-electron chi connectivity index (χ4n) is 3.00. The molecule has 134 valence electrons. The standard InChI is InChI=1S/C19H24ClN3O2/c1-12-9-13(5-7-15(12)20)23-14(6-8-18(23)24)11-21-17-10-16(22-25-17)19(2,3)4/h5,7,9-10,14,21H,6,8,11H2,1-4H3. The molecule has 0 bridgehead atoms. The molecule has 2 aromatic rings. The van der Waals surface area contributed by atoms with Crippen LogP contribution in [0.1, 0.15) is 44.9 Å². The zero-order valence-corrected chi connectivity index (χ0v) is 15.9. The Morgan fingerprint density at radius 3 is 2.76 bits per heavy atom. The molecule has 1 aromatic carbocycles. The Hall–Kier alpha value is -2.01. The van der Waals surface area contributed by atoms with Crippen LogP contribution in [0.25, 0.3) is 0 Å². The number of hydrogen-bond donors (Lipinski definition) is 1. The fraction of sp³-hybridized carbons (Fsp3) is 0.474. The summed E-state index contributed by atoms with van der Waals surface area (Å²) in [6.07, 6.45) is 1.37. The number of anilines is 2. The smallest absolute Gasteiger partial charge is 0.227 e. The topological polar surface area (TPSA) is 58.4 Å². The SMILES string of the molecule is Cc1cc(N2C(=O)CCC2CNc2cc(C(C)(C)C)no2)ccc1Cl. The summed E-state index contributed by atoms with van der Waals surface area (Å²) in [4.78, 5) is 14.2. The van der Waals surface area contributed by atoms with Gasteiger partial charge in [0.25, 0.3) is 0 Å². The highest BCUT2D eigenvalue weighted by Crippen LogP contribution is 2.30. The molecule has 0 saturated carbocycles. The molecule has 0 radical (unpaired) electrons. The summed E-state index contributed by atoms with van der Waals surface area (Å²) in [6, 6.07) is 7.71. The summed E-state index contributed by atoms with van der Waals surface area (Å²) >= 11 is 6.11. The van der Waals surface area contributed by atoms with Crippen molar-refractivity contribution in [1.29, 1.82) is 0 Å². The Labute approximate surface area is 153 Å². The molecule has 2 heterocycles. The van der Waals surface area contributed by atoms with E-state index >= 15 is 0 Å². The quantitative estimate of drug-likeness (QED) is 0.868. The maximum absolute atomic E-state index is 12.4. The summed E-state index contributed by atoms with van der Waals surface area (Å²) < 4.78 is 5.37. The van der Waals surface area contributed by atoms with Crippen molar-refractivity contribution in [3.8, 4) is 0 Å². The highest BCUT2D eigenvalue weighted by molar-refractivity contribution is 6.31. The zero-order valence-electron chi connectivity index (χ0n) is 15.1. The number of aromatic nitrogens is 1. The van der Waals surface area contributed by atoms with Crippen LogP contribution in [0.15, 0.2) is 28.8 Å². The minimum Gasteiger partial charge on any atom is -0.352 e. The molecule has 1 N–H and O–H groups in total. The Morgan fingerprint density at radius 2 is 2.12 bits per heavy atom. The third kappa shape index (κ3) is 3.82. The fourth-order valence-corrected chi connectivity index (χ4v) is 3.12. The first-order valence-corrected chi connectivity index (χ1v) is 8.93. The van der Waals surface area contributed by atoms with Gasteiger partial charge in [0.15, 0.2) is 0 Å². The number of hydrogen-bond acceptors (Lipinski definition) is 4. The van der Waals surface area contributed by atoms with Gasteiger partial charge in [-0.2, -0.15) is 0 Å². The first kappa shape index (κ1) is 17.8. The van der Waals surface area contributed by atoms with Crippen molar-refractivity contribution in [2.75, 3.05) is 16.8 Å². The Balaban J connectivity index is 1.72. The van der Waals surface area contributed by atoms with Crippen molar-refractivity contribution in [3.63, 3.8) is 0 Å². The van der Waals surface area contributed by atoms with Gasteiger partial charge in [-0.1, -0.05) is 37.5 Å². The minimum absolute atomic E-state index is 0.0559. The zero-order chi connectivity index (χ0) is 18.2. The van der Waals surface area contributed by atoms with E-state index in [-0.39, 0.29) is 17.4 Å². The number of halogens is 1. The van der Waals surface area contributed by atoms with E-state index in [0.717, 1.165) is 23.4 Å². The van der Waals surface area contributed by atoms with Gasteiger partial charge < -0.3 is 14.7 Å². The molecule has 1 aliphatic heterocycles. The molecule has 1 fully saturated rings. The third-order valence-corrected chi connectivity index (χ3v) is 4.96. The number of rotatable bonds is 4. The number of aryl methyl sites for hydroxylation is 1. The van der Waals surface area contributed by atoms with E-state index in [1.165, 1.54) is 0 Å². The van der Waals surface area contributed by atoms with Crippen molar-refractivity contribution in [2.24, 2.45) is 0 Å². The Kier molecular flexibility index (Phi) is 4.78. The molecule has 0 aliphatic carbocycles. The number of amides is 1. The lowest BCUT2D eigenvalue weighted by atomic mass is 9.92. The van der Waals surface area contributed by atoms with Gasteiger partial charge in [0.2, 0.25) is 11.8 Å². The average Bonchev–Trinajstić information content (AvgIpc) is 3.14. The summed E-state index contributed by atoms with van der Waals surface area (Å²) in [7, 11) is 0. The molecule has 1 saturated heterocycles. The van der Waals surface area contributed by atoms with Crippen LogP contribution in [0.5, 0.6) is 0 Å². The van der Waals surface area contributed by atoms with Crippen LogP contribution in [0, 0.1) is 6.92 Å². The van der Waals surface area contributed by atoms with Crippen molar-refractivity contribution in [2.45, 2.75) is 52.0 Å². The van der Waals surface area contributed by atoms with Crippen LogP contribution < -0.4 is 10.2 Å². The molecule has 25 heavy (non-hydrogen) atoms. The number of carbonyl (C=O) groups excluding carboxylic acids is 1. The lowest BCUT2D eigenvalue weighted by Gasteiger charge is -2.25. The number of nitrogens with one attached hydrogen (secondary N) is 1. The van der Waals surface area contributed by atoms with Crippen LogP contribution in [0.4, 0.5) is 11.6 Å². The van der Waals surface area contributed by atoms with E-state index in [4.69, 9.17) is 16.1 Å². The van der Waals surface area contributed by atoms with E-state index in [2.05, 4.69) is 31.2 Å². The summed E-state index contributed by atoms with van der Waals surface area (Å²) in [5.74, 6) is 0.776. The van der Waals surface area contributed by atoms with Gasteiger partial charge in [-0.15, -0.1) is 0 Å². The van der Waals surface area contributed by atoms with Crippen LogP contribution >= 0.6 is 11.6 Å². The Bertz CT molecular complexity index is 779. The average molecular weight is 362 g/mol. The van der Waals surface area contributed by atoms with E-state index in [1.54, 1.807) is 0 Å². The second-order valence-corrected chi connectivity index (χ2v) is 8.00. The monoisotopic (exact) mass is 361 g/mol. The second kappa shape index (κ2) is 6.71. The normalized spacial score (nSPS) is 18.0. The first-order valence-electron chi connectivity index (χ1n) is 8.55. The molecule has 1 aromatic heterocycles. The molecule has 1 atom stereocenters. The molecule has 1 amide bonds. The van der Waals surface area contributed by atoms with Gasteiger partial charge in [-0.3, -0.25) is 4.79 Å². The first-order chi connectivity index (χ1) is 11.8. The van der Waals surface area contributed by atoms with E-state index in [0.29, 0.717) is 23.9 Å². The van der Waals surface area contributed by atoms with Crippen molar-refractivity contribution in [3.05, 3.63) is 40.5 Å². The number of carbonyl (C=O) groups is 1. The molecule has 1 aliphatic rings. The number of benzene rings is 1. The lowest BCUT2D eigenvalue weighted by molar-refractivity contribution is -0.117. The van der Waals surface area contributed by atoms with Gasteiger partial charge in [0.05, 0.1) is 11.7 Å². The Morgan fingerprint density at radius 1 is 1.36 bits per heavy atom. The van der Waals surface area contributed by atoms with Gasteiger partial charge in [0.1, 0.15) is 0 Å². The second-order valence-electron chi connectivity index (χ2n) is 7.60. The van der Waals surface area contributed by atoms with Crippen LogP contribution in [0.2, 0.25) is 5.02 Å². The van der Waals surface area contributed by atoms with E-state index in [1.807, 2.05) is 36.1 Å².